The van der Waals surface area contributed by atoms with Crippen LogP contribution in [0.4, 0.5) is 13.2 Å². The number of fused-ring (bicyclic) bond motifs is 1. The third-order valence-corrected chi connectivity index (χ3v) is 6.96. The Kier molecular flexibility index (Phi) is 7.21. The fourth-order valence-corrected chi connectivity index (χ4v) is 5.32. The van der Waals surface area contributed by atoms with Gasteiger partial charge in [0.1, 0.15) is 10.9 Å². The molecule has 0 saturated heterocycles. The molecule has 1 aliphatic rings. The average Bonchev–Trinajstić information content (AvgIpc) is 3.47. The minimum atomic E-state index is -4.62. The molecule has 6 nitrogen and oxygen atoms in total. The number of amides is 1. The number of aromatic nitrogens is 2. The van der Waals surface area contributed by atoms with Gasteiger partial charge >= 0.3 is 6.18 Å². The molecule has 0 radical (unpaired) electrons. The van der Waals surface area contributed by atoms with E-state index in [2.05, 4.69) is 23.0 Å². The molecule has 1 aromatic carbocycles. The highest BCUT2D eigenvalue weighted by molar-refractivity contribution is 7.12. The summed E-state index contributed by atoms with van der Waals surface area (Å²) in [7, 11) is 3.70. The second kappa shape index (κ2) is 10.2. The van der Waals surface area contributed by atoms with E-state index in [1.807, 2.05) is 19.0 Å². The first-order valence-corrected chi connectivity index (χ1v) is 12.1. The van der Waals surface area contributed by atoms with Crippen molar-refractivity contribution in [1.82, 2.24) is 19.6 Å². The molecule has 0 N–H and O–H groups in total. The van der Waals surface area contributed by atoms with Crippen LogP contribution < -0.4 is 0 Å². The molecule has 0 fully saturated rings. The summed E-state index contributed by atoms with van der Waals surface area (Å²) in [5.41, 5.74) is 0.940. The second-order valence-corrected chi connectivity index (χ2v) is 9.85. The molecule has 3 heterocycles. The van der Waals surface area contributed by atoms with Gasteiger partial charge in [-0.2, -0.15) is 23.5 Å². The van der Waals surface area contributed by atoms with Crippen molar-refractivity contribution in [3.63, 3.8) is 0 Å². The zero-order chi connectivity index (χ0) is 26.0. The molecular weight excluding hydrogens is 487 g/mol. The first-order valence-electron chi connectivity index (χ1n) is 11.3. The molecule has 1 aliphatic heterocycles. The summed E-state index contributed by atoms with van der Waals surface area (Å²) >= 11 is 1.29. The van der Waals surface area contributed by atoms with E-state index in [1.165, 1.54) is 22.2 Å². The average molecular weight is 512 g/mol. The topological polar surface area (TPSA) is 65.2 Å². The van der Waals surface area contributed by atoms with Crippen LogP contribution in [0.1, 0.15) is 39.4 Å². The standard InChI is InChI=1S/C26H24F3N5OS/c1-4-34-15-22(25(31-34)26(27,28)29)19-9-6-5-8-18(19)21-14-33(24(35)10-7-11-32(2)3)16-23-20(21)12-17(13-30)36-23/h5-6,8-9,12,15,21H,4,11,14,16H2,1-3H3/t21-/m0/s1. The Labute approximate surface area is 211 Å². The molecule has 0 aliphatic carbocycles. The summed E-state index contributed by atoms with van der Waals surface area (Å²) in [6.07, 6.45) is -3.21. The highest BCUT2D eigenvalue weighted by Crippen LogP contribution is 2.44. The Morgan fingerprint density at radius 1 is 1.25 bits per heavy atom. The molecule has 1 atom stereocenters. The monoisotopic (exact) mass is 511 g/mol. The Balaban J connectivity index is 1.82. The van der Waals surface area contributed by atoms with Gasteiger partial charge in [0.25, 0.3) is 5.91 Å². The van der Waals surface area contributed by atoms with Gasteiger partial charge in [-0.25, -0.2) is 0 Å². The molecule has 1 amide bonds. The van der Waals surface area contributed by atoms with Crippen LogP contribution in [0.25, 0.3) is 11.1 Å². The summed E-state index contributed by atoms with van der Waals surface area (Å²) < 4.78 is 43.0. The number of carbonyl (C=O) groups excluding carboxylic acids is 1. The minimum absolute atomic E-state index is 0.00791. The first kappa shape index (κ1) is 25.5. The van der Waals surface area contributed by atoms with Crippen molar-refractivity contribution in [3.8, 4) is 29.0 Å². The first-order chi connectivity index (χ1) is 17.1. The van der Waals surface area contributed by atoms with Crippen molar-refractivity contribution in [2.24, 2.45) is 0 Å². The van der Waals surface area contributed by atoms with Crippen molar-refractivity contribution in [3.05, 3.63) is 63.1 Å². The molecule has 186 valence electrons. The van der Waals surface area contributed by atoms with Gasteiger partial charge in [0.05, 0.1) is 13.1 Å². The zero-order valence-corrected chi connectivity index (χ0v) is 20.9. The van der Waals surface area contributed by atoms with E-state index in [1.54, 1.807) is 42.2 Å². The molecule has 4 rings (SSSR count). The summed E-state index contributed by atoms with van der Waals surface area (Å²) in [5, 5.41) is 13.3. The van der Waals surface area contributed by atoms with Crippen molar-refractivity contribution in [2.45, 2.75) is 32.1 Å². The summed E-state index contributed by atoms with van der Waals surface area (Å²) in [6.45, 7) is 2.99. The lowest BCUT2D eigenvalue weighted by atomic mass is 9.83. The van der Waals surface area contributed by atoms with Crippen molar-refractivity contribution in [2.75, 3.05) is 27.2 Å². The lowest BCUT2D eigenvalue weighted by Crippen LogP contribution is -2.37. The van der Waals surface area contributed by atoms with E-state index in [-0.39, 0.29) is 18.0 Å². The van der Waals surface area contributed by atoms with Gasteiger partial charge in [0, 0.05) is 35.6 Å². The van der Waals surface area contributed by atoms with Gasteiger partial charge in [-0.05, 0) is 49.7 Å². The Morgan fingerprint density at radius 3 is 2.67 bits per heavy atom. The van der Waals surface area contributed by atoms with E-state index in [0.29, 0.717) is 35.6 Å². The SMILES string of the molecule is CCn1cc(-c2ccccc2[C@@H]2CN(C(=O)C#CCN(C)C)Cc3sc(C#N)cc32)c(C(F)(F)F)n1. The Bertz CT molecular complexity index is 1390. The molecule has 0 bridgehead atoms. The van der Waals surface area contributed by atoms with Gasteiger partial charge in [-0.3, -0.25) is 14.4 Å². The highest BCUT2D eigenvalue weighted by Gasteiger charge is 2.39. The van der Waals surface area contributed by atoms with Crippen LogP contribution in [0.5, 0.6) is 0 Å². The molecule has 2 aromatic heterocycles. The van der Waals surface area contributed by atoms with Gasteiger partial charge in [-0.1, -0.05) is 30.2 Å². The van der Waals surface area contributed by atoms with Crippen LogP contribution in [0.2, 0.25) is 0 Å². The number of nitrogens with zero attached hydrogens (tertiary/aromatic N) is 5. The van der Waals surface area contributed by atoms with Crippen molar-refractivity contribution >= 4 is 17.2 Å². The number of hydrogen-bond acceptors (Lipinski definition) is 5. The smallest absolute Gasteiger partial charge is 0.326 e. The van der Waals surface area contributed by atoms with Gasteiger partial charge in [0.2, 0.25) is 0 Å². The molecule has 3 aromatic rings. The van der Waals surface area contributed by atoms with Gasteiger partial charge < -0.3 is 4.90 Å². The predicted molar refractivity (Wildman–Crippen MR) is 131 cm³/mol. The fourth-order valence-electron chi connectivity index (χ4n) is 4.28. The van der Waals surface area contributed by atoms with Crippen LogP contribution in [-0.4, -0.2) is 52.7 Å². The summed E-state index contributed by atoms with van der Waals surface area (Å²) in [5.74, 6) is 4.74. The lowest BCUT2D eigenvalue weighted by Gasteiger charge is -2.33. The number of nitriles is 1. The number of thiophene rings is 1. The maximum Gasteiger partial charge on any atom is 0.435 e. The van der Waals surface area contributed by atoms with Gasteiger partial charge in [0.15, 0.2) is 5.69 Å². The third-order valence-electron chi connectivity index (χ3n) is 5.92. The van der Waals surface area contributed by atoms with E-state index < -0.39 is 17.8 Å². The van der Waals surface area contributed by atoms with E-state index in [9.17, 15) is 23.2 Å². The quantitative estimate of drug-likeness (QED) is 0.482. The van der Waals surface area contributed by atoms with Crippen LogP contribution in [0.15, 0.2) is 36.5 Å². The van der Waals surface area contributed by atoms with Crippen LogP contribution in [0, 0.1) is 23.2 Å². The highest BCUT2D eigenvalue weighted by atomic mass is 32.1. The maximum atomic E-state index is 13.9. The Morgan fingerprint density at radius 2 is 2.00 bits per heavy atom. The number of benzene rings is 1. The zero-order valence-electron chi connectivity index (χ0n) is 20.1. The third kappa shape index (κ3) is 5.15. The maximum absolute atomic E-state index is 13.9. The number of aryl methyl sites for hydroxylation is 1. The predicted octanol–water partition coefficient (Wildman–Crippen LogP) is 4.56. The molecule has 10 heteroatoms. The van der Waals surface area contributed by atoms with E-state index in [0.717, 1.165) is 10.4 Å². The number of carbonyl (C=O) groups is 1. The number of rotatable bonds is 4. The van der Waals surface area contributed by atoms with E-state index >= 15 is 0 Å². The molecular formula is C26H24F3N5OS. The van der Waals surface area contributed by atoms with Gasteiger partial charge in [-0.15, -0.1) is 11.3 Å². The lowest BCUT2D eigenvalue weighted by molar-refractivity contribution is -0.141. The van der Waals surface area contributed by atoms with E-state index in [4.69, 9.17) is 0 Å². The van der Waals surface area contributed by atoms with Crippen LogP contribution in [0.3, 0.4) is 0 Å². The molecule has 0 unspecified atom stereocenters. The van der Waals surface area contributed by atoms with Crippen molar-refractivity contribution < 1.29 is 18.0 Å². The molecule has 36 heavy (non-hydrogen) atoms. The minimum Gasteiger partial charge on any atom is -0.326 e. The summed E-state index contributed by atoms with van der Waals surface area (Å²) in [4.78, 5) is 17.7. The van der Waals surface area contributed by atoms with Crippen LogP contribution >= 0.6 is 11.3 Å². The summed E-state index contributed by atoms with van der Waals surface area (Å²) in [6, 6.07) is 10.8. The molecule has 0 saturated carbocycles. The number of alkyl halides is 3. The molecule has 0 spiro atoms. The largest absolute Gasteiger partial charge is 0.435 e. The van der Waals surface area contributed by atoms with Crippen molar-refractivity contribution in [1.29, 1.82) is 5.26 Å². The fraction of sp³-hybridized carbons (Fsp3) is 0.346. The number of halogens is 3. The Hall–Kier alpha value is -3.60. The number of hydrogen-bond donors (Lipinski definition) is 0. The van der Waals surface area contributed by atoms with Crippen LogP contribution in [-0.2, 0) is 24.1 Å². The normalized spacial score (nSPS) is 15.3. The second-order valence-electron chi connectivity index (χ2n) is 8.71.